The molecule has 5 nitrogen and oxygen atoms in total. The summed E-state index contributed by atoms with van der Waals surface area (Å²) in [6.07, 6.45) is 0.653. The van der Waals surface area contributed by atoms with Gasteiger partial charge in [0.25, 0.3) is 0 Å². The molecule has 2 unspecified atom stereocenters. The molecule has 0 radical (unpaired) electrons. The van der Waals surface area contributed by atoms with Gasteiger partial charge in [0.15, 0.2) is 0 Å². The number of carbonyl (C=O) groups excluding carboxylic acids is 1. The monoisotopic (exact) mass is 298 g/mol. The van der Waals surface area contributed by atoms with Crippen molar-refractivity contribution >= 4 is 12.0 Å². The van der Waals surface area contributed by atoms with E-state index in [1.165, 1.54) is 0 Å². The molecule has 0 aromatic heterocycles. The van der Waals surface area contributed by atoms with Crippen molar-refractivity contribution in [1.29, 1.82) is 0 Å². The fourth-order valence-corrected chi connectivity index (χ4v) is 3.25. The molecule has 0 aromatic carbocycles. The van der Waals surface area contributed by atoms with E-state index in [9.17, 15) is 9.59 Å². The molecule has 0 spiro atoms. The predicted octanol–water partition coefficient (Wildman–Crippen LogP) is 2.67. The summed E-state index contributed by atoms with van der Waals surface area (Å²) in [5.74, 6) is 0.449. The maximum absolute atomic E-state index is 12.3. The van der Waals surface area contributed by atoms with E-state index in [0.29, 0.717) is 43.8 Å². The van der Waals surface area contributed by atoms with Gasteiger partial charge >= 0.3 is 12.0 Å². The van der Waals surface area contributed by atoms with Crippen LogP contribution >= 0.6 is 0 Å². The summed E-state index contributed by atoms with van der Waals surface area (Å²) < 4.78 is 0. The Hall–Kier alpha value is -1.26. The number of aliphatic carboxylic acids is 1. The van der Waals surface area contributed by atoms with Crippen molar-refractivity contribution in [2.75, 3.05) is 19.6 Å². The number of likely N-dealkylation sites (tertiary alicyclic amines) is 1. The summed E-state index contributed by atoms with van der Waals surface area (Å²) in [4.78, 5) is 25.1. The van der Waals surface area contributed by atoms with Crippen molar-refractivity contribution in [3.8, 4) is 0 Å². The number of piperidine rings is 1. The van der Waals surface area contributed by atoms with Gasteiger partial charge < -0.3 is 15.3 Å². The number of urea groups is 1. The van der Waals surface area contributed by atoms with Gasteiger partial charge in [0.2, 0.25) is 0 Å². The lowest BCUT2D eigenvalue weighted by molar-refractivity contribution is -0.143. The second-order valence-electron chi connectivity index (χ2n) is 7.12. The van der Waals surface area contributed by atoms with E-state index < -0.39 is 11.9 Å². The van der Waals surface area contributed by atoms with Gasteiger partial charge in [-0.2, -0.15) is 0 Å². The molecule has 0 saturated carbocycles. The second kappa shape index (κ2) is 7.66. The van der Waals surface area contributed by atoms with Gasteiger partial charge in [0.05, 0.1) is 5.92 Å². The molecule has 0 bridgehead atoms. The Labute approximate surface area is 128 Å². The first-order chi connectivity index (χ1) is 9.72. The SMILES string of the molecule is CC1CC(C(=O)O)CN(C(=O)NCC(C(C)C)C(C)C)C1. The highest BCUT2D eigenvalue weighted by molar-refractivity contribution is 5.76. The van der Waals surface area contributed by atoms with E-state index >= 15 is 0 Å². The lowest BCUT2D eigenvalue weighted by atomic mass is 9.85. The standard InChI is InChI=1S/C16H30N2O3/c1-10(2)14(11(3)4)7-17-16(21)18-8-12(5)6-13(9-18)15(19)20/h10-14H,6-9H2,1-5H3,(H,17,21)(H,19,20). The van der Waals surface area contributed by atoms with E-state index in [4.69, 9.17) is 5.11 Å². The third-order valence-electron chi connectivity index (χ3n) is 4.50. The number of carboxylic acid groups (broad SMARTS) is 1. The van der Waals surface area contributed by atoms with E-state index in [0.717, 1.165) is 0 Å². The highest BCUT2D eigenvalue weighted by atomic mass is 16.4. The molecule has 2 atom stereocenters. The summed E-state index contributed by atoms with van der Waals surface area (Å²) in [7, 11) is 0. The van der Waals surface area contributed by atoms with Crippen LogP contribution in [0.4, 0.5) is 4.79 Å². The Bertz CT molecular complexity index is 361. The minimum Gasteiger partial charge on any atom is -0.481 e. The molecular weight excluding hydrogens is 268 g/mol. The summed E-state index contributed by atoms with van der Waals surface area (Å²) in [6.45, 7) is 12.3. The van der Waals surface area contributed by atoms with E-state index in [1.54, 1.807) is 4.90 Å². The zero-order chi connectivity index (χ0) is 16.2. The molecule has 1 rings (SSSR count). The summed E-state index contributed by atoms with van der Waals surface area (Å²) in [5.41, 5.74) is 0. The maximum atomic E-state index is 12.3. The highest BCUT2D eigenvalue weighted by Gasteiger charge is 2.32. The lowest BCUT2D eigenvalue weighted by Gasteiger charge is -2.35. The molecule has 21 heavy (non-hydrogen) atoms. The molecule has 1 heterocycles. The molecule has 1 fully saturated rings. The van der Waals surface area contributed by atoms with Gasteiger partial charge in [-0.05, 0) is 30.1 Å². The molecule has 1 aliphatic heterocycles. The number of carboxylic acids is 1. The quantitative estimate of drug-likeness (QED) is 0.820. The average Bonchev–Trinajstić information content (AvgIpc) is 2.36. The third kappa shape index (κ3) is 5.21. The minimum absolute atomic E-state index is 0.126. The highest BCUT2D eigenvalue weighted by Crippen LogP contribution is 2.22. The zero-order valence-corrected chi connectivity index (χ0v) is 13.9. The zero-order valence-electron chi connectivity index (χ0n) is 13.9. The van der Waals surface area contributed by atoms with Crippen molar-refractivity contribution in [1.82, 2.24) is 10.2 Å². The normalized spacial score (nSPS) is 23.0. The van der Waals surface area contributed by atoms with Crippen LogP contribution in [0.3, 0.4) is 0 Å². The van der Waals surface area contributed by atoms with Gasteiger partial charge in [0.1, 0.15) is 0 Å². The molecule has 2 N–H and O–H groups in total. The number of hydrogen-bond donors (Lipinski definition) is 2. The van der Waals surface area contributed by atoms with Crippen molar-refractivity contribution in [3.05, 3.63) is 0 Å². The van der Waals surface area contributed by atoms with Gasteiger partial charge in [0, 0.05) is 19.6 Å². The van der Waals surface area contributed by atoms with Crippen LogP contribution in [0.25, 0.3) is 0 Å². The summed E-state index contributed by atoms with van der Waals surface area (Å²) >= 11 is 0. The average molecular weight is 298 g/mol. The van der Waals surface area contributed by atoms with E-state index in [-0.39, 0.29) is 11.9 Å². The first kappa shape index (κ1) is 17.8. The number of rotatable bonds is 5. The number of amides is 2. The summed E-state index contributed by atoms with van der Waals surface area (Å²) in [6, 6.07) is -0.126. The summed E-state index contributed by atoms with van der Waals surface area (Å²) in [5, 5.41) is 12.2. The number of carbonyl (C=O) groups is 2. The van der Waals surface area contributed by atoms with Crippen LogP contribution in [0.15, 0.2) is 0 Å². The molecule has 2 amide bonds. The van der Waals surface area contributed by atoms with Crippen LogP contribution < -0.4 is 5.32 Å². The van der Waals surface area contributed by atoms with Crippen molar-refractivity contribution < 1.29 is 14.7 Å². The van der Waals surface area contributed by atoms with Crippen LogP contribution in [0.2, 0.25) is 0 Å². The number of nitrogens with one attached hydrogen (secondary N) is 1. The maximum Gasteiger partial charge on any atom is 0.317 e. The lowest BCUT2D eigenvalue weighted by Crippen LogP contribution is -2.50. The van der Waals surface area contributed by atoms with Gasteiger partial charge in [-0.3, -0.25) is 4.79 Å². The largest absolute Gasteiger partial charge is 0.481 e. The molecular formula is C16H30N2O3. The minimum atomic E-state index is -0.804. The number of nitrogens with zero attached hydrogens (tertiary/aromatic N) is 1. The van der Waals surface area contributed by atoms with E-state index in [2.05, 4.69) is 33.0 Å². The predicted molar refractivity (Wildman–Crippen MR) is 83.0 cm³/mol. The van der Waals surface area contributed by atoms with Crippen LogP contribution in [0.5, 0.6) is 0 Å². The van der Waals surface area contributed by atoms with Gasteiger partial charge in [-0.1, -0.05) is 34.6 Å². The molecule has 122 valence electrons. The Morgan fingerprint density at radius 3 is 2.24 bits per heavy atom. The van der Waals surface area contributed by atoms with Crippen LogP contribution in [-0.4, -0.2) is 41.6 Å². The third-order valence-corrected chi connectivity index (χ3v) is 4.50. The van der Waals surface area contributed by atoms with Gasteiger partial charge in [-0.25, -0.2) is 4.79 Å². The fraction of sp³-hybridized carbons (Fsp3) is 0.875. The molecule has 0 aliphatic carbocycles. The first-order valence-corrected chi connectivity index (χ1v) is 7.97. The van der Waals surface area contributed by atoms with E-state index in [1.807, 2.05) is 6.92 Å². The molecule has 0 aromatic rings. The van der Waals surface area contributed by atoms with Crippen molar-refractivity contribution in [2.45, 2.75) is 41.0 Å². The smallest absolute Gasteiger partial charge is 0.317 e. The molecule has 1 saturated heterocycles. The van der Waals surface area contributed by atoms with Gasteiger partial charge in [-0.15, -0.1) is 0 Å². The van der Waals surface area contributed by atoms with Crippen LogP contribution in [0.1, 0.15) is 41.0 Å². The van der Waals surface area contributed by atoms with Crippen molar-refractivity contribution in [2.24, 2.45) is 29.6 Å². The number of hydrogen-bond acceptors (Lipinski definition) is 2. The second-order valence-corrected chi connectivity index (χ2v) is 7.12. The van der Waals surface area contributed by atoms with Crippen LogP contribution in [0, 0.1) is 29.6 Å². The molecule has 5 heteroatoms. The van der Waals surface area contributed by atoms with Crippen LogP contribution in [-0.2, 0) is 4.79 Å². The first-order valence-electron chi connectivity index (χ1n) is 7.97. The molecule has 1 aliphatic rings. The Kier molecular flexibility index (Phi) is 6.49. The Morgan fingerprint density at radius 1 is 1.19 bits per heavy atom. The Balaban J connectivity index is 2.56. The topological polar surface area (TPSA) is 69.6 Å². The van der Waals surface area contributed by atoms with Crippen molar-refractivity contribution in [3.63, 3.8) is 0 Å². The fourth-order valence-electron chi connectivity index (χ4n) is 3.25. The Morgan fingerprint density at radius 2 is 1.76 bits per heavy atom.